The van der Waals surface area contributed by atoms with Crippen LogP contribution in [0.2, 0.25) is 5.02 Å². The lowest BCUT2D eigenvalue weighted by molar-refractivity contribution is -0.118. The molecular formula is C28H26ClN3O4. The van der Waals surface area contributed by atoms with Crippen LogP contribution in [0.1, 0.15) is 25.0 Å². The van der Waals surface area contributed by atoms with Crippen LogP contribution in [0.3, 0.4) is 0 Å². The van der Waals surface area contributed by atoms with Crippen molar-refractivity contribution in [3.8, 4) is 11.5 Å². The fraction of sp³-hybridized carbons (Fsp3) is 0.179. The predicted molar refractivity (Wildman–Crippen MR) is 143 cm³/mol. The molecule has 0 spiro atoms. The number of para-hydroxylation sites is 1. The fourth-order valence-electron chi connectivity index (χ4n) is 3.64. The maximum absolute atomic E-state index is 13.0. The van der Waals surface area contributed by atoms with Crippen molar-refractivity contribution in [2.24, 2.45) is 5.10 Å². The summed E-state index contributed by atoms with van der Waals surface area (Å²) in [5.41, 5.74) is 4.14. The van der Waals surface area contributed by atoms with Gasteiger partial charge in [0.05, 0.1) is 28.6 Å². The van der Waals surface area contributed by atoms with Gasteiger partial charge in [-0.25, -0.2) is 0 Å². The number of amides is 2. The number of aryl methyl sites for hydroxylation is 1. The molecule has 1 heterocycles. The van der Waals surface area contributed by atoms with Gasteiger partial charge in [0.1, 0.15) is 0 Å². The van der Waals surface area contributed by atoms with E-state index in [0.717, 1.165) is 5.56 Å². The lowest BCUT2D eigenvalue weighted by Gasteiger charge is -2.15. The van der Waals surface area contributed by atoms with Gasteiger partial charge >= 0.3 is 0 Å². The molecule has 0 aliphatic carbocycles. The molecule has 0 unspecified atom stereocenters. The second-order valence-corrected chi connectivity index (χ2v) is 8.57. The minimum Gasteiger partial charge on any atom is -0.490 e. The van der Waals surface area contributed by atoms with Crippen LogP contribution in [0.25, 0.3) is 6.08 Å². The summed E-state index contributed by atoms with van der Waals surface area (Å²) in [5, 5.41) is 8.82. The van der Waals surface area contributed by atoms with Crippen LogP contribution >= 0.6 is 11.6 Å². The Balaban J connectivity index is 1.52. The van der Waals surface area contributed by atoms with Crippen molar-refractivity contribution in [2.45, 2.75) is 20.8 Å². The fourth-order valence-corrected chi connectivity index (χ4v) is 3.91. The van der Waals surface area contributed by atoms with E-state index in [0.29, 0.717) is 40.6 Å². The molecule has 3 aromatic rings. The van der Waals surface area contributed by atoms with Gasteiger partial charge in [0.15, 0.2) is 18.1 Å². The lowest BCUT2D eigenvalue weighted by Crippen LogP contribution is -2.21. The molecule has 0 fully saturated rings. The van der Waals surface area contributed by atoms with Gasteiger partial charge in [-0.2, -0.15) is 10.1 Å². The first-order valence-electron chi connectivity index (χ1n) is 11.5. The summed E-state index contributed by atoms with van der Waals surface area (Å²) in [6.45, 7) is 5.71. The van der Waals surface area contributed by atoms with E-state index < -0.39 is 0 Å². The van der Waals surface area contributed by atoms with Gasteiger partial charge in [-0.3, -0.25) is 9.59 Å². The topological polar surface area (TPSA) is 80.2 Å². The van der Waals surface area contributed by atoms with Crippen molar-refractivity contribution >= 4 is 46.6 Å². The van der Waals surface area contributed by atoms with Crippen molar-refractivity contribution in [1.82, 2.24) is 0 Å². The zero-order chi connectivity index (χ0) is 25.7. The molecule has 1 aliphatic heterocycles. The minimum atomic E-state index is -0.326. The highest BCUT2D eigenvalue weighted by Crippen LogP contribution is 2.38. The average molecular weight is 504 g/mol. The van der Waals surface area contributed by atoms with Crippen LogP contribution < -0.4 is 19.8 Å². The number of nitrogens with one attached hydrogen (secondary N) is 1. The first-order chi connectivity index (χ1) is 17.4. The molecule has 184 valence electrons. The first-order valence-corrected chi connectivity index (χ1v) is 11.9. The van der Waals surface area contributed by atoms with Gasteiger partial charge in [0, 0.05) is 5.69 Å². The molecule has 1 N–H and O–H groups in total. The molecule has 0 saturated heterocycles. The van der Waals surface area contributed by atoms with E-state index in [1.54, 1.807) is 25.1 Å². The summed E-state index contributed by atoms with van der Waals surface area (Å²) in [6, 6.07) is 20.1. The van der Waals surface area contributed by atoms with Crippen LogP contribution in [0, 0.1) is 6.92 Å². The minimum absolute atomic E-state index is 0.235. The van der Waals surface area contributed by atoms with E-state index in [4.69, 9.17) is 21.1 Å². The predicted octanol–water partition coefficient (Wildman–Crippen LogP) is 5.87. The van der Waals surface area contributed by atoms with E-state index in [9.17, 15) is 9.59 Å². The SMILES string of the molecule is CCOc1cc(/C=C2/C(=O)N(c3ccccc3)N=C2C)cc(Cl)c1OCC(=O)Nc1ccc(C)cc1. The molecule has 36 heavy (non-hydrogen) atoms. The van der Waals surface area contributed by atoms with Gasteiger partial charge < -0.3 is 14.8 Å². The largest absolute Gasteiger partial charge is 0.490 e. The van der Waals surface area contributed by atoms with Gasteiger partial charge in [-0.15, -0.1) is 0 Å². The van der Waals surface area contributed by atoms with E-state index in [-0.39, 0.29) is 29.2 Å². The highest BCUT2D eigenvalue weighted by molar-refractivity contribution is 6.33. The van der Waals surface area contributed by atoms with Crippen molar-refractivity contribution in [1.29, 1.82) is 0 Å². The Morgan fingerprint density at radius 2 is 1.78 bits per heavy atom. The first kappa shape index (κ1) is 25.0. The zero-order valence-corrected chi connectivity index (χ0v) is 21.0. The van der Waals surface area contributed by atoms with E-state index in [1.807, 2.05) is 68.4 Å². The van der Waals surface area contributed by atoms with Crippen molar-refractivity contribution < 1.29 is 19.1 Å². The molecule has 1 aliphatic rings. The zero-order valence-electron chi connectivity index (χ0n) is 20.2. The molecule has 8 heteroatoms. The van der Waals surface area contributed by atoms with Crippen molar-refractivity contribution in [3.63, 3.8) is 0 Å². The summed E-state index contributed by atoms with van der Waals surface area (Å²) in [4.78, 5) is 25.4. The molecule has 0 atom stereocenters. The standard InChI is InChI=1S/C28H26ClN3O4/c1-4-35-25-16-20(14-23-19(3)31-32(28(23)34)22-8-6-5-7-9-22)15-24(29)27(25)36-17-26(33)30-21-12-10-18(2)11-13-21/h5-16H,4,17H2,1-3H3,(H,30,33)/b23-14+. The van der Waals surface area contributed by atoms with Crippen molar-refractivity contribution in [2.75, 3.05) is 23.5 Å². The van der Waals surface area contributed by atoms with Gasteiger partial charge in [0.2, 0.25) is 0 Å². The normalized spacial score (nSPS) is 14.1. The van der Waals surface area contributed by atoms with Crippen LogP contribution in [-0.2, 0) is 9.59 Å². The number of hydrazone groups is 1. The maximum Gasteiger partial charge on any atom is 0.280 e. The summed E-state index contributed by atoms with van der Waals surface area (Å²) in [5.74, 6) is 0.0718. The molecule has 0 saturated carbocycles. The number of carbonyl (C=O) groups is 2. The molecule has 3 aromatic carbocycles. The van der Waals surface area contributed by atoms with E-state index in [2.05, 4.69) is 10.4 Å². The summed E-state index contributed by atoms with van der Waals surface area (Å²) in [6.07, 6.45) is 1.71. The highest BCUT2D eigenvalue weighted by atomic mass is 35.5. The van der Waals surface area contributed by atoms with E-state index >= 15 is 0 Å². The molecular weight excluding hydrogens is 478 g/mol. The Kier molecular flexibility index (Phi) is 7.71. The maximum atomic E-state index is 13.0. The number of anilines is 2. The second-order valence-electron chi connectivity index (χ2n) is 8.16. The Morgan fingerprint density at radius 3 is 2.47 bits per heavy atom. The number of nitrogens with zero attached hydrogens (tertiary/aromatic N) is 2. The van der Waals surface area contributed by atoms with Crippen LogP contribution in [0.4, 0.5) is 11.4 Å². The molecule has 7 nitrogen and oxygen atoms in total. The lowest BCUT2D eigenvalue weighted by atomic mass is 10.1. The highest BCUT2D eigenvalue weighted by Gasteiger charge is 2.28. The summed E-state index contributed by atoms with van der Waals surface area (Å²) in [7, 11) is 0. The number of benzene rings is 3. The van der Waals surface area contributed by atoms with Crippen LogP contribution in [0.15, 0.2) is 77.4 Å². The number of hydrogen-bond donors (Lipinski definition) is 1. The quantitative estimate of drug-likeness (QED) is 0.390. The summed E-state index contributed by atoms with van der Waals surface area (Å²) >= 11 is 6.52. The van der Waals surface area contributed by atoms with Crippen molar-refractivity contribution in [3.05, 3.63) is 88.5 Å². The summed E-state index contributed by atoms with van der Waals surface area (Å²) < 4.78 is 11.5. The molecule has 2 amide bonds. The average Bonchev–Trinajstić information content (AvgIpc) is 3.14. The number of rotatable bonds is 8. The third kappa shape index (κ3) is 5.75. The van der Waals surface area contributed by atoms with Gasteiger partial charge in [-0.05, 0) is 68.8 Å². The van der Waals surface area contributed by atoms with Gasteiger partial charge in [-0.1, -0.05) is 47.5 Å². The number of ether oxygens (including phenoxy) is 2. The Hall–Kier alpha value is -4.10. The third-order valence-corrected chi connectivity index (χ3v) is 5.67. The smallest absolute Gasteiger partial charge is 0.280 e. The molecule has 0 aromatic heterocycles. The number of halogens is 1. The Labute approximate surface area is 215 Å². The molecule has 0 radical (unpaired) electrons. The molecule has 4 rings (SSSR count). The van der Waals surface area contributed by atoms with Crippen LogP contribution in [-0.4, -0.2) is 30.7 Å². The van der Waals surface area contributed by atoms with E-state index in [1.165, 1.54) is 5.01 Å². The Morgan fingerprint density at radius 1 is 1.06 bits per heavy atom. The second kappa shape index (κ2) is 11.1. The Bertz CT molecular complexity index is 1330. The molecule has 0 bridgehead atoms. The monoisotopic (exact) mass is 503 g/mol. The number of hydrogen-bond acceptors (Lipinski definition) is 5. The van der Waals surface area contributed by atoms with Gasteiger partial charge in [0.25, 0.3) is 11.8 Å². The van der Waals surface area contributed by atoms with Crippen LogP contribution in [0.5, 0.6) is 11.5 Å². The third-order valence-electron chi connectivity index (χ3n) is 5.39. The number of carbonyl (C=O) groups excluding carboxylic acids is 2.